The van der Waals surface area contributed by atoms with Crippen molar-refractivity contribution >= 4 is 16.9 Å². The average Bonchev–Trinajstić information content (AvgIpc) is 2.96. The molecule has 4 N–H and O–H groups in total. The molecule has 0 spiro atoms. The summed E-state index contributed by atoms with van der Waals surface area (Å²) in [6.45, 7) is 2.89. The minimum Gasteiger partial charge on any atom is -0.506 e. The van der Waals surface area contributed by atoms with Crippen molar-refractivity contribution < 1.29 is 15.0 Å². The number of carboxylic acid groups (broad SMARTS) is 1. The van der Waals surface area contributed by atoms with Crippen LogP contribution in [0.2, 0.25) is 0 Å². The third-order valence-electron chi connectivity index (χ3n) is 4.82. The summed E-state index contributed by atoms with van der Waals surface area (Å²) in [7, 11) is 1.96. The summed E-state index contributed by atoms with van der Waals surface area (Å²) in [5.41, 5.74) is 2.11. The third-order valence-corrected chi connectivity index (χ3v) is 4.82. The zero-order valence-electron chi connectivity index (χ0n) is 15.7. The fraction of sp³-hybridized carbons (Fsp3) is 0.238. The first-order valence-corrected chi connectivity index (χ1v) is 8.83. The van der Waals surface area contributed by atoms with E-state index in [2.05, 4.69) is 20.8 Å². The number of fused-ring (bicyclic) bond motifs is 1. The first-order chi connectivity index (χ1) is 13.4. The van der Waals surface area contributed by atoms with Crippen LogP contribution in [0, 0.1) is 12.3 Å². The van der Waals surface area contributed by atoms with E-state index in [9.17, 15) is 19.8 Å². The van der Waals surface area contributed by atoms with Gasteiger partial charge in [-0.25, -0.2) is 4.79 Å². The minimum atomic E-state index is -1.46. The van der Waals surface area contributed by atoms with Gasteiger partial charge in [0.25, 0.3) is 5.56 Å². The lowest BCUT2D eigenvalue weighted by atomic mass is 9.99. The standard InChI is InChI=1S/C21H21N3O4/c1-4-8-22-11-14-10-13-9-12(6-7-16(13)24(14)3)18-15(5-2)19(25)17(21(27)28)20(26)23-18/h1,6-7,9-10,22H,5,8,11H2,2-3H3,(H,27,28)(H2,23,25,26). The number of aromatic carboxylic acids is 1. The van der Waals surface area contributed by atoms with Gasteiger partial charge in [-0.2, -0.15) is 0 Å². The summed E-state index contributed by atoms with van der Waals surface area (Å²) >= 11 is 0. The number of terminal acetylenes is 1. The molecule has 2 aromatic heterocycles. The van der Waals surface area contributed by atoms with Gasteiger partial charge in [0.1, 0.15) is 5.75 Å². The van der Waals surface area contributed by atoms with Crippen LogP contribution >= 0.6 is 0 Å². The molecule has 2 heterocycles. The zero-order valence-corrected chi connectivity index (χ0v) is 15.7. The molecule has 0 aliphatic carbocycles. The molecule has 0 unspecified atom stereocenters. The van der Waals surface area contributed by atoms with Gasteiger partial charge in [-0.15, -0.1) is 6.42 Å². The lowest BCUT2D eigenvalue weighted by Crippen LogP contribution is -2.20. The van der Waals surface area contributed by atoms with Gasteiger partial charge in [-0.05, 0) is 30.2 Å². The van der Waals surface area contributed by atoms with E-state index < -0.39 is 22.8 Å². The second-order valence-electron chi connectivity index (χ2n) is 6.47. The van der Waals surface area contributed by atoms with Crippen LogP contribution in [0.1, 0.15) is 28.5 Å². The van der Waals surface area contributed by atoms with Gasteiger partial charge >= 0.3 is 5.97 Å². The Hall–Kier alpha value is -3.50. The molecule has 0 atom stereocenters. The van der Waals surface area contributed by atoms with E-state index in [4.69, 9.17) is 6.42 Å². The maximum atomic E-state index is 12.2. The Balaban J connectivity index is 2.13. The van der Waals surface area contributed by atoms with Crippen LogP contribution in [0.15, 0.2) is 29.1 Å². The molecular weight excluding hydrogens is 358 g/mol. The number of H-pyrrole nitrogens is 1. The molecule has 7 nitrogen and oxygen atoms in total. The molecule has 1 aromatic carbocycles. The van der Waals surface area contributed by atoms with E-state index in [1.165, 1.54) is 0 Å². The fourth-order valence-electron chi connectivity index (χ4n) is 3.41. The number of aromatic hydroxyl groups is 1. The zero-order chi connectivity index (χ0) is 20.4. The van der Waals surface area contributed by atoms with E-state index in [0.717, 1.165) is 16.6 Å². The number of nitrogens with zero attached hydrogens (tertiary/aromatic N) is 1. The van der Waals surface area contributed by atoms with Crippen LogP contribution in [0.25, 0.3) is 22.2 Å². The first-order valence-electron chi connectivity index (χ1n) is 8.83. The number of rotatable bonds is 6. The van der Waals surface area contributed by atoms with Crippen LogP contribution in [-0.2, 0) is 20.0 Å². The third kappa shape index (κ3) is 3.26. The maximum absolute atomic E-state index is 12.2. The lowest BCUT2D eigenvalue weighted by molar-refractivity contribution is 0.0691. The predicted molar refractivity (Wildman–Crippen MR) is 108 cm³/mol. The van der Waals surface area contributed by atoms with Crippen LogP contribution < -0.4 is 10.9 Å². The average molecular weight is 379 g/mol. The molecule has 144 valence electrons. The van der Waals surface area contributed by atoms with Crippen molar-refractivity contribution in [3.05, 3.63) is 51.4 Å². The normalized spacial score (nSPS) is 10.9. The van der Waals surface area contributed by atoms with Gasteiger partial charge in [0, 0.05) is 35.8 Å². The minimum absolute atomic E-state index is 0.367. The molecule has 3 rings (SSSR count). The Kier molecular flexibility index (Phi) is 5.25. The number of hydrogen-bond donors (Lipinski definition) is 4. The van der Waals surface area contributed by atoms with Crippen molar-refractivity contribution in [3.8, 4) is 29.4 Å². The number of aromatic nitrogens is 2. The molecule has 7 heteroatoms. The molecule has 0 saturated heterocycles. The molecular formula is C21H21N3O4. The smallest absolute Gasteiger partial charge is 0.345 e. The van der Waals surface area contributed by atoms with E-state index in [-0.39, 0.29) is 0 Å². The highest BCUT2D eigenvalue weighted by Crippen LogP contribution is 2.32. The summed E-state index contributed by atoms with van der Waals surface area (Å²) < 4.78 is 2.05. The Morgan fingerprint density at radius 2 is 2.11 bits per heavy atom. The number of aromatic amines is 1. The van der Waals surface area contributed by atoms with Crippen molar-refractivity contribution in [2.45, 2.75) is 19.9 Å². The summed E-state index contributed by atoms with van der Waals surface area (Å²) in [5.74, 6) is 0.597. The van der Waals surface area contributed by atoms with Crippen LogP contribution in [0.3, 0.4) is 0 Å². The molecule has 0 amide bonds. The highest BCUT2D eigenvalue weighted by atomic mass is 16.4. The molecule has 28 heavy (non-hydrogen) atoms. The van der Waals surface area contributed by atoms with Gasteiger partial charge in [0.15, 0.2) is 5.56 Å². The second-order valence-corrected chi connectivity index (χ2v) is 6.47. The van der Waals surface area contributed by atoms with E-state index >= 15 is 0 Å². The van der Waals surface area contributed by atoms with Gasteiger partial charge in [-0.1, -0.05) is 18.9 Å². The molecule has 0 aliphatic heterocycles. The fourth-order valence-corrected chi connectivity index (χ4v) is 3.41. The largest absolute Gasteiger partial charge is 0.506 e. The SMILES string of the molecule is C#CCNCc1cc2cc(-c3[nH]c(=O)c(C(=O)O)c(O)c3CC)ccc2n1C. The van der Waals surface area contributed by atoms with Crippen molar-refractivity contribution in [3.63, 3.8) is 0 Å². The number of carbonyl (C=O) groups is 1. The number of benzene rings is 1. The van der Waals surface area contributed by atoms with Crippen LogP contribution in [0.4, 0.5) is 0 Å². The van der Waals surface area contributed by atoms with Crippen molar-refractivity contribution in [2.24, 2.45) is 7.05 Å². The quantitative estimate of drug-likeness (QED) is 0.388. The Morgan fingerprint density at radius 3 is 2.75 bits per heavy atom. The number of hydrogen-bond acceptors (Lipinski definition) is 4. The second kappa shape index (κ2) is 7.62. The van der Waals surface area contributed by atoms with Crippen LogP contribution in [-0.4, -0.2) is 32.3 Å². The number of aryl methyl sites for hydroxylation is 1. The number of carboxylic acids is 1. The summed E-state index contributed by atoms with van der Waals surface area (Å²) in [5, 5.41) is 23.6. The van der Waals surface area contributed by atoms with Crippen molar-refractivity contribution in [1.29, 1.82) is 0 Å². The van der Waals surface area contributed by atoms with Gasteiger partial charge in [-0.3, -0.25) is 4.79 Å². The Labute approximate surface area is 161 Å². The molecule has 0 saturated carbocycles. The van der Waals surface area contributed by atoms with Gasteiger partial charge in [0.2, 0.25) is 0 Å². The molecule has 3 aromatic rings. The topological polar surface area (TPSA) is 107 Å². The van der Waals surface area contributed by atoms with Crippen molar-refractivity contribution in [1.82, 2.24) is 14.9 Å². The van der Waals surface area contributed by atoms with Gasteiger partial charge in [0.05, 0.1) is 12.2 Å². The Bertz CT molecular complexity index is 1170. The Morgan fingerprint density at radius 1 is 1.36 bits per heavy atom. The number of pyridine rings is 1. The molecule has 0 bridgehead atoms. The molecule has 0 aliphatic rings. The van der Waals surface area contributed by atoms with Crippen LogP contribution in [0.5, 0.6) is 5.75 Å². The monoisotopic (exact) mass is 379 g/mol. The highest BCUT2D eigenvalue weighted by molar-refractivity contribution is 5.92. The lowest BCUT2D eigenvalue weighted by Gasteiger charge is -2.12. The summed E-state index contributed by atoms with van der Waals surface area (Å²) in [4.78, 5) is 26.1. The summed E-state index contributed by atoms with van der Waals surface area (Å²) in [6.07, 6.45) is 5.63. The van der Waals surface area contributed by atoms with E-state index in [1.54, 1.807) is 6.92 Å². The highest BCUT2D eigenvalue weighted by Gasteiger charge is 2.22. The molecule has 0 radical (unpaired) electrons. The van der Waals surface area contributed by atoms with E-state index in [0.29, 0.717) is 36.3 Å². The van der Waals surface area contributed by atoms with Gasteiger partial charge < -0.3 is 25.1 Å². The molecule has 0 fully saturated rings. The predicted octanol–water partition coefficient (Wildman–Crippen LogP) is 2.22. The maximum Gasteiger partial charge on any atom is 0.345 e. The van der Waals surface area contributed by atoms with E-state index in [1.807, 2.05) is 31.3 Å². The first kappa shape index (κ1) is 19.3. The number of nitrogens with one attached hydrogen (secondary N) is 2. The van der Waals surface area contributed by atoms with Crippen molar-refractivity contribution in [2.75, 3.05) is 6.54 Å². The summed E-state index contributed by atoms with van der Waals surface area (Å²) in [6, 6.07) is 7.70.